The largest absolute Gasteiger partial charge is 0.376 e. The van der Waals surface area contributed by atoms with Crippen molar-refractivity contribution in [1.82, 2.24) is 4.98 Å². The first kappa shape index (κ1) is 11.5. The average Bonchev–Trinajstić information content (AvgIpc) is 2.42. The van der Waals surface area contributed by atoms with Crippen LogP contribution in [0.15, 0.2) is 42.6 Å². The zero-order valence-corrected chi connectivity index (χ0v) is 10.6. The van der Waals surface area contributed by atoms with Crippen molar-refractivity contribution in [2.24, 2.45) is 0 Å². The van der Waals surface area contributed by atoms with E-state index in [1.165, 1.54) is 23.4 Å². The van der Waals surface area contributed by atoms with Crippen molar-refractivity contribution in [3.05, 3.63) is 59.7 Å². The van der Waals surface area contributed by atoms with Crippen molar-refractivity contribution in [3.8, 4) is 0 Å². The summed E-state index contributed by atoms with van der Waals surface area (Å²) in [4.78, 5) is 3.66. The number of aromatic nitrogens is 1. The number of nitrogens with zero attached hydrogens (tertiary/aromatic N) is 1. The van der Waals surface area contributed by atoms with E-state index in [2.05, 4.69) is 34.6 Å². The van der Waals surface area contributed by atoms with Gasteiger partial charge in [0.1, 0.15) is 0 Å². The SMILES string of the molecule is Fc1ccc(NC2CSCc3ccccc32)cn1. The Morgan fingerprint density at radius 3 is 2.94 bits per heavy atom. The van der Waals surface area contributed by atoms with E-state index < -0.39 is 5.95 Å². The lowest BCUT2D eigenvalue weighted by Crippen LogP contribution is -2.18. The normalized spacial score (nSPS) is 18.2. The highest BCUT2D eigenvalue weighted by Gasteiger charge is 2.19. The van der Waals surface area contributed by atoms with E-state index >= 15 is 0 Å². The Kier molecular flexibility index (Phi) is 3.19. The van der Waals surface area contributed by atoms with Crippen LogP contribution in [0.1, 0.15) is 17.2 Å². The summed E-state index contributed by atoms with van der Waals surface area (Å²) in [6.45, 7) is 0. The van der Waals surface area contributed by atoms with Gasteiger partial charge in [-0.25, -0.2) is 4.98 Å². The molecule has 2 aromatic rings. The lowest BCUT2D eigenvalue weighted by atomic mass is 10.0. The number of thioether (sulfide) groups is 1. The van der Waals surface area contributed by atoms with Gasteiger partial charge < -0.3 is 5.32 Å². The van der Waals surface area contributed by atoms with Crippen molar-refractivity contribution in [3.63, 3.8) is 0 Å². The van der Waals surface area contributed by atoms with Gasteiger partial charge in [-0.1, -0.05) is 24.3 Å². The first-order valence-corrected chi connectivity index (χ1v) is 7.02. The third-order valence-corrected chi connectivity index (χ3v) is 4.13. The summed E-state index contributed by atoms with van der Waals surface area (Å²) in [5, 5.41) is 3.41. The number of halogens is 1. The third-order valence-electron chi connectivity index (χ3n) is 3.04. The quantitative estimate of drug-likeness (QED) is 0.835. The number of nitrogens with one attached hydrogen (secondary N) is 1. The maximum Gasteiger partial charge on any atom is 0.212 e. The molecule has 1 N–H and O–H groups in total. The van der Waals surface area contributed by atoms with Crippen LogP contribution < -0.4 is 5.32 Å². The highest BCUT2D eigenvalue weighted by molar-refractivity contribution is 7.98. The van der Waals surface area contributed by atoms with E-state index in [4.69, 9.17) is 0 Å². The molecule has 0 saturated heterocycles. The molecule has 3 rings (SSSR count). The Morgan fingerprint density at radius 1 is 1.22 bits per heavy atom. The average molecular weight is 260 g/mol. The van der Waals surface area contributed by atoms with Gasteiger partial charge in [-0.2, -0.15) is 16.2 Å². The molecule has 1 aliphatic heterocycles. The molecule has 4 heteroatoms. The first-order valence-electron chi connectivity index (χ1n) is 5.86. The minimum absolute atomic E-state index is 0.271. The Hall–Kier alpha value is -1.55. The fraction of sp³-hybridized carbons (Fsp3) is 0.214. The summed E-state index contributed by atoms with van der Waals surface area (Å²) >= 11 is 1.91. The van der Waals surface area contributed by atoms with E-state index in [1.807, 2.05) is 11.8 Å². The predicted molar refractivity (Wildman–Crippen MR) is 73.2 cm³/mol. The molecule has 0 bridgehead atoms. The smallest absolute Gasteiger partial charge is 0.212 e. The highest BCUT2D eigenvalue weighted by atomic mass is 32.2. The fourth-order valence-electron chi connectivity index (χ4n) is 2.16. The summed E-state index contributed by atoms with van der Waals surface area (Å²) in [7, 11) is 0. The second-order valence-electron chi connectivity index (χ2n) is 4.28. The zero-order valence-electron chi connectivity index (χ0n) is 9.77. The van der Waals surface area contributed by atoms with Crippen molar-refractivity contribution in [2.75, 3.05) is 11.1 Å². The number of fused-ring (bicyclic) bond motifs is 1. The standard InChI is InChI=1S/C14H13FN2S/c15-14-6-5-11(7-16-14)17-13-9-18-8-10-3-1-2-4-12(10)13/h1-7,13,17H,8-9H2. The minimum Gasteiger partial charge on any atom is -0.376 e. The molecule has 2 nitrogen and oxygen atoms in total. The molecule has 18 heavy (non-hydrogen) atoms. The second kappa shape index (κ2) is 4.98. The maximum atomic E-state index is 12.8. The molecule has 1 atom stereocenters. The van der Waals surface area contributed by atoms with Crippen LogP contribution >= 0.6 is 11.8 Å². The Balaban J connectivity index is 1.84. The molecule has 0 radical (unpaired) electrons. The van der Waals surface area contributed by atoms with Crippen molar-refractivity contribution in [2.45, 2.75) is 11.8 Å². The van der Waals surface area contributed by atoms with Crippen LogP contribution in [-0.4, -0.2) is 10.7 Å². The van der Waals surface area contributed by atoms with Gasteiger partial charge in [-0.3, -0.25) is 0 Å². The Morgan fingerprint density at radius 2 is 2.11 bits per heavy atom. The van der Waals surface area contributed by atoms with Crippen LogP contribution in [-0.2, 0) is 5.75 Å². The molecule has 0 aliphatic carbocycles. The monoisotopic (exact) mass is 260 g/mol. The van der Waals surface area contributed by atoms with Crippen LogP contribution in [0.5, 0.6) is 0 Å². The Labute approximate surface area is 110 Å². The highest BCUT2D eigenvalue weighted by Crippen LogP contribution is 2.33. The van der Waals surface area contributed by atoms with Crippen molar-refractivity contribution < 1.29 is 4.39 Å². The molecule has 92 valence electrons. The van der Waals surface area contributed by atoms with Crippen LogP contribution in [0.4, 0.5) is 10.1 Å². The number of hydrogen-bond acceptors (Lipinski definition) is 3. The number of benzene rings is 1. The summed E-state index contributed by atoms with van der Waals surface area (Å²) in [5.74, 6) is 1.64. The van der Waals surface area contributed by atoms with Gasteiger partial charge in [-0.05, 0) is 23.3 Å². The summed E-state index contributed by atoms with van der Waals surface area (Å²) in [6.07, 6.45) is 1.54. The van der Waals surface area contributed by atoms with E-state index in [0.717, 1.165) is 17.2 Å². The van der Waals surface area contributed by atoms with Crippen LogP contribution in [0, 0.1) is 5.95 Å². The van der Waals surface area contributed by atoms with Gasteiger partial charge >= 0.3 is 0 Å². The first-order chi connectivity index (χ1) is 8.83. The molecule has 0 spiro atoms. The van der Waals surface area contributed by atoms with Gasteiger partial charge in [0.25, 0.3) is 0 Å². The molecule has 1 aromatic heterocycles. The number of pyridine rings is 1. The number of hydrogen-bond donors (Lipinski definition) is 1. The molecule has 1 aliphatic rings. The molecule has 0 amide bonds. The Bertz CT molecular complexity index is 542. The number of rotatable bonds is 2. The van der Waals surface area contributed by atoms with E-state index in [1.54, 1.807) is 6.07 Å². The summed E-state index contributed by atoms with van der Waals surface area (Å²) < 4.78 is 12.8. The molecule has 0 fully saturated rings. The number of anilines is 1. The second-order valence-corrected chi connectivity index (χ2v) is 5.31. The van der Waals surface area contributed by atoms with Crippen LogP contribution in [0.25, 0.3) is 0 Å². The van der Waals surface area contributed by atoms with Crippen LogP contribution in [0.2, 0.25) is 0 Å². The van der Waals surface area contributed by atoms with Crippen LogP contribution in [0.3, 0.4) is 0 Å². The topological polar surface area (TPSA) is 24.9 Å². The predicted octanol–water partition coefficient (Wildman–Crippen LogP) is 3.62. The summed E-state index contributed by atoms with van der Waals surface area (Å²) in [6, 6.07) is 11.8. The molecule has 1 aromatic carbocycles. The van der Waals surface area contributed by atoms with Gasteiger partial charge in [0.05, 0.1) is 17.9 Å². The fourth-order valence-corrected chi connectivity index (χ4v) is 3.26. The van der Waals surface area contributed by atoms with E-state index in [-0.39, 0.29) is 6.04 Å². The van der Waals surface area contributed by atoms with Crippen molar-refractivity contribution >= 4 is 17.4 Å². The molecule has 1 unspecified atom stereocenters. The zero-order chi connectivity index (χ0) is 12.4. The molecule has 2 heterocycles. The van der Waals surface area contributed by atoms with E-state index in [9.17, 15) is 4.39 Å². The molecular weight excluding hydrogens is 247 g/mol. The van der Waals surface area contributed by atoms with Crippen molar-refractivity contribution in [1.29, 1.82) is 0 Å². The maximum absolute atomic E-state index is 12.8. The van der Waals surface area contributed by atoms with E-state index in [0.29, 0.717) is 0 Å². The summed E-state index contributed by atoms with van der Waals surface area (Å²) in [5.41, 5.74) is 3.57. The van der Waals surface area contributed by atoms with Gasteiger partial charge in [0, 0.05) is 11.5 Å². The van der Waals surface area contributed by atoms with Gasteiger partial charge in [0.2, 0.25) is 5.95 Å². The van der Waals surface area contributed by atoms with Gasteiger partial charge in [0.15, 0.2) is 0 Å². The molecule has 0 saturated carbocycles. The third kappa shape index (κ3) is 2.34. The minimum atomic E-state index is -0.445. The van der Waals surface area contributed by atoms with Gasteiger partial charge in [-0.15, -0.1) is 0 Å². The lowest BCUT2D eigenvalue weighted by Gasteiger charge is -2.26. The lowest BCUT2D eigenvalue weighted by molar-refractivity contribution is 0.584. The molecular formula is C14H13FN2S.